The number of nitrogens with zero attached hydrogens (tertiary/aromatic N) is 5. The highest BCUT2D eigenvalue weighted by molar-refractivity contribution is 7.39. The largest absolute Gasteiger partial charge is 0.669 e. The summed E-state index contributed by atoms with van der Waals surface area (Å²) in [5.74, 6) is 0.173. The zero-order valence-corrected chi connectivity index (χ0v) is 15.8. The molecule has 4 rings (SSSR count). The zero-order chi connectivity index (χ0) is 20.5. The standard InChI is InChI=1S/C16H17N6O6P/c17-14-11-15(19-7-18-14)21(8-20-11)16-13(24)12(23)10(28-16)6-27-22(29(25)26)9-4-2-1-3-5-9/h1-5,7-8,10,12-13,16,23-24H,6H2,(H2-,17,18,19,25,26)/p+1/t10-,12?,13?,16-/m1/s1. The number of imidazole rings is 1. The molecule has 1 aliphatic heterocycles. The van der Waals surface area contributed by atoms with Crippen molar-refractivity contribution < 1.29 is 29.2 Å². The van der Waals surface area contributed by atoms with Crippen LogP contribution in [0.5, 0.6) is 0 Å². The molecule has 12 nitrogen and oxygen atoms in total. The number of ether oxygens (including phenoxy) is 1. The Kier molecular flexibility index (Phi) is 5.37. The van der Waals surface area contributed by atoms with Crippen LogP contribution in [0.2, 0.25) is 0 Å². The van der Waals surface area contributed by atoms with E-state index in [0.717, 1.165) is 4.83 Å². The minimum absolute atomic E-state index is 0.173. The summed E-state index contributed by atoms with van der Waals surface area (Å²) in [7, 11) is -2.84. The number of hydrogen-bond donors (Lipinski definition) is 4. The summed E-state index contributed by atoms with van der Waals surface area (Å²) in [4.78, 5) is 27.8. The maximum absolute atomic E-state index is 11.6. The number of fused-ring (bicyclic) bond motifs is 1. The Bertz CT molecular complexity index is 1020. The Morgan fingerprint density at radius 1 is 1.21 bits per heavy atom. The Morgan fingerprint density at radius 2 is 1.97 bits per heavy atom. The second-order valence-electron chi connectivity index (χ2n) is 6.29. The van der Waals surface area contributed by atoms with Gasteiger partial charge in [0.2, 0.25) is 0 Å². The van der Waals surface area contributed by atoms with E-state index in [1.165, 1.54) is 17.2 Å². The molecule has 152 valence electrons. The van der Waals surface area contributed by atoms with E-state index in [9.17, 15) is 19.7 Å². The molecule has 0 radical (unpaired) electrons. The van der Waals surface area contributed by atoms with Gasteiger partial charge in [0.05, 0.1) is 6.33 Å². The summed E-state index contributed by atoms with van der Waals surface area (Å²) >= 11 is 0. The average Bonchev–Trinajstić information content (AvgIpc) is 3.26. The van der Waals surface area contributed by atoms with Gasteiger partial charge in [0.15, 0.2) is 17.7 Å². The van der Waals surface area contributed by atoms with E-state index in [-0.39, 0.29) is 12.4 Å². The molecular weight excluding hydrogens is 403 g/mol. The number of rotatable bonds is 6. The first-order valence-corrected chi connectivity index (χ1v) is 9.72. The number of para-hydroxylation sites is 1. The third kappa shape index (κ3) is 3.65. The van der Waals surface area contributed by atoms with Crippen LogP contribution in [0.3, 0.4) is 0 Å². The molecule has 5 N–H and O–H groups in total. The van der Waals surface area contributed by atoms with Crippen LogP contribution in [-0.4, -0.2) is 59.5 Å². The number of nitrogen functional groups attached to an aromatic ring is 1. The van der Waals surface area contributed by atoms with Crippen molar-refractivity contribution in [2.75, 3.05) is 17.2 Å². The van der Waals surface area contributed by atoms with E-state index in [0.29, 0.717) is 16.9 Å². The highest BCUT2D eigenvalue weighted by atomic mass is 31.1. The minimum atomic E-state index is -2.84. The predicted octanol–water partition coefficient (Wildman–Crippen LogP) is 0.116. The van der Waals surface area contributed by atoms with Crippen LogP contribution in [0.25, 0.3) is 11.2 Å². The van der Waals surface area contributed by atoms with Crippen molar-refractivity contribution in [1.29, 1.82) is 0 Å². The number of aliphatic hydroxyl groups excluding tert-OH is 2. The zero-order valence-electron chi connectivity index (χ0n) is 14.9. The summed E-state index contributed by atoms with van der Waals surface area (Å²) in [6, 6.07) is 8.30. The summed E-state index contributed by atoms with van der Waals surface area (Å²) in [6.45, 7) is -0.283. The first-order valence-electron chi connectivity index (χ1n) is 8.56. The van der Waals surface area contributed by atoms with Crippen molar-refractivity contribution in [2.24, 2.45) is 0 Å². The van der Waals surface area contributed by atoms with Gasteiger partial charge in [0.1, 0.15) is 42.5 Å². The molecule has 0 bridgehead atoms. The summed E-state index contributed by atoms with van der Waals surface area (Å²) < 4.78 is 18.8. The van der Waals surface area contributed by atoms with Crippen molar-refractivity contribution in [1.82, 2.24) is 19.5 Å². The molecule has 29 heavy (non-hydrogen) atoms. The molecule has 0 saturated carbocycles. The van der Waals surface area contributed by atoms with Gasteiger partial charge in [0.25, 0.3) is 0 Å². The Morgan fingerprint density at radius 3 is 2.69 bits per heavy atom. The number of nitrogens with two attached hydrogens (primary N) is 1. The first kappa shape index (κ1) is 19.6. The minimum Gasteiger partial charge on any atom is -0.387 e. The Hall–Kier alpha value is -2.73. The van der Waals surface area contributed by atoms with E-state index in [1.807, 2.05) is 0 Å². The van der Waals surface area contributed by atoms with Crippen LogP contribution >= 0.6 is 8.18 Å². The number of aromatic nitrogens is 4. The Balaban J connectivity index is 1.51. The lowest BCUT2D eigenvalue weighted by Crippen LogP contribution is -2.35. The molecule has 1 fully saturated rings. The first-order chi connectivity index (χ1) is 14.0. The highest BCUT2D eigenvalue weighted by Crippen LogP contribution is 2.34. The van der Waals surface area contributed by atoms with Gasteiger partial charge >= 0.3 is 8.18 Å². The lowest BCUT2D eigenvalue weighted by Gasteiger charge is -2.17. The van der Waals surface area contributed by atoms with Crippen molar-refractivity contribution in [2.45, 2.75) is 24.5 Å². The number of aliphatic hydroxyl groups is 2. The second-order valence-corrected chi connectivity index (χ2v) is 7.16. The summed E-state index contributed by atoms with van der Waals surface area (Å²) in [5.41, 5.74) is 6.79. The smallest absolute Gasteiger partial charge is 0.387 e. The number of hydrogen-bond acceptors (Lipinski definition) is 9. The second kappa shape index (κ2) is 7.95. The van der Waals surface area contributed by atoms with Crippen LogP contribution in [0, 0.1) is 0 Å². The molecular formula is C16H18N6O6P+. The molecule has 2 aromatic heterocycles. The van der Waals surface area contributed by atoms with Crippen LogP contribution in [-0.2, 0) is 14.1 Å². The van der Waals surface area contributed by atoms with Gasteiger partial charge in [0, 0.05) is 4.57 Å². The highest BCUT2D eigenvalue weighted by Gasteiger charge is 2.45. The lowest BCUT2D eigenvalue weighted by atomic mass is 10.1. The molecule has 3 heterocycles. The predicted molar refractivity (Wildman–Crippen MR) is 100 cm³/mol. The third-order valence-electron chi connectivity index (χ3n) is 4.49. The summed E-state index contributed by atoms with van der Waals surface area (Å²) in [6.07, 6.45) is -1.99. The van der Waals surface area contributed by atoms with Crippen LogP contribution in [0.4, 0.5) is 11.5 Å². The van der Waals surface area contributed by atoms with Gasteiger partial charge in [-0.15, -0.1) is 4.89 Å². The molecule has 5 atom stereocenters. The maximum Gasteiger partial charge on any atom is 0.669 e. The topological polar surface area (TPSA) is 169 Å². The fraction of sp³-hybridized carbons (Fsp3) is 0.312. The number of benzene rings is 1. The molecule has 3 aromatic rings. The molecule has 0 spiro atoms. The quantitative estimate of drug-likeness (QED) is 0.315. The monoisotopic (exact) mass is 421 g/mol. The van der Waals surface area contributed by atoms with Crippen molar-refractivity contribution in [3.63, 3.8) is 0 Å². The van der Waals surface area contributed by atoms with Gasteiger partial charge in [-0.25, -0.2) is 19.8 Å². The molecule has 0 amide bonds. The molecule has 0 aliphatic carbocycles. The fourth-order valence-electron chi connectivity index (χ4n) is 3.08. The van der Waals surface area contributed by atoms with E-state index in [4.69, 9.17) is 15.3 Å². The van der Waals surface area contributed by atoms with Gasteiger partial charge in [-0.05, 0) is 17.0 Å². The van der Waals surface area contributed by atoms with Gasteiger partial charge < -0.3 is 20.7 Å². The van der Waals surface area contributed by atoms with Crippen molar-refractivity contribution in [3.05, 3.63) is 43.0 Å². The van der Waals surface area contributed by atoms with E-state index in [1.54, 1.807) is 30.3 Å². The van der Waals surface area contributed by atoms with Gasteiger partial charge in [-0.2, -0.15) is 0 Å². The van der Waals surface area contributed by atoms with Gasteiger partial charge in [-0.3, -0.25) is 4.57 Å². The SMILES string of the molecule is Nc1ncnc2c1ncn2[C@@H]1O[C@H](CON(c2ccccc2)[P+](=O)O)C(O)C1O. The van der Waals surface area contributed by atoms with Crippen molar-refractivity contribution >= 4 is 30.8 Å². The van der Waals surface area contributed by atoms with E-state index < -0.39 is 32.7 Å². The van der Waals surface area contributed by atoms with Crippen LogP contribution in [0.15, 0.2) is 43.0 Å². The van der Waals surface area contributed by atoms with Crippen molar-refractivity contribution in [3.8, 4) is 0 Å². The van der Waals surface area contributed by atoms with Crippen LogP contribution in [0.1, 0.15) is 6.23 Å². The number of anilines is 2. The van der Waals surface area contributed by atoms with Crippen LogP contribution < -0.4 is 10.6 Å². The Labute approximate surface area is 165 Å². The molecule has 13 heteroatoms. The molecule has 1 saturated heterocycles. The fourth-order valence-corrected chi connectivity index (χ4v) is 3.57. The molecule has 1 aliphatic rings. The van der Waals surface area contributed by atoms with Gasteiger partial charge in [-0.1, -0.05) is 18.2 Å². The van der Waals surface area contributed by atoms with E-state index in [2.05, 4.69) is 15.0 Å². The average molecular weight is 421 g/mol. The lowest BCUT2D eigenvalue weighted by molar-refractivity contribution is -0.0639. The molecule has 1 aromatic carbocycles. The third-order valence-corrected chi connectivity index (χ3v) is 5.15. The molecule has 3 unspecified atom stereocenters. The van der Waals surface area contributed by atoms with E-state index >= 15 is 0 Å². The summed E-state index contributed by atoms with van der Waals surface area (Å²) in [5, 5.41) is 20.8. The maximum atomic E-state index is 11.6. The normalized spacial score (nSPS) is 24.7.